The first-order valence-electron chi connectivity index (χ1n) is 10.00. The fraction of sp³-hybridized carbons (Fsp3) is 0.125. The van der Waals surface area contributed by atoms with Crippen molar-refractivity contribution in [2.45, 2.75) is 17.2 Å². The van der Waals surface area contributed by atoms with Gasteiger partial charge in [-0.15, -0.1) is 0 Å². The highest BCUT2D eigenvalue weighted by Gasteiger charge is 2.38. The van der Waals surface area contributed by atoms with E-state index >= 15 is 0 Å². The summed E-state index contributed by atoms with van der Waals surface area (Å²) < 4.78 is 105. The molecule has 0 fully saturated rings. The van der Waals surface area contributed by atoms with Gasteiger partial charge in [0.15, 0.2) is 15.5 Å². The predicted octanol–water partition coefficient (Wildman–Crippen LogP) is 6.65. The molecule has 4 rings (SSSR count). The Balaban J connectivity index is 1.84. The molecule has 0 aliphatic rings. The molecule has 4 aromatic rings. The first-order valence-corrected chi connectivity index (χ1v) is 11.9. The van der Waals surface area contributed by atoms with Gasteiger partial charge < -0.3 is 0 Å². The van der Waals surface area contributed by atoms with E-state index in [1.165, 1.54) is 42.5 Å². The zero-order chi connectivity index (χ0) is 25.6. The van der Waals surface area contributed by atoms with Crippen LogP contribution in [-0.2, 0) is 22.2 Å². The summed E-state index contributed by atoms with van der Waals surface area (Å²) in [5.41, 5.74) is -2.07. The van der Waals surface area contributed by atoms with E-state index in [9.17, 15) is 34.8 Å². The highest BCUT2D eigenvalue weighted by atomic mass is 32.2. The monoisotopic (exact) mass is 510 g/mol. The molecule has 182 valence electrons. The molecule has 0 N–H and O–H groups in total. The summed E-state index contributed by atoms with van der Waals surface area (Å²) in [6.45, 7) is 0. The maximum absolute atomic E-state index is 13.6. The van der Waals surface area contributed by atoms with E-state index in [0.717, 1.165) is 29.1 Å². The van der Waals surface area contributed by atoms with Crippen LogP contribution in [0.2, 0.25) is 0 Å². The number of halogens is 6. The second-order valence-electron chi connectivity index (χ2n) is 7.71. The smallest absolute Gasteiger partial charge is 0.232 e. The SMILES string of the molecule is CS(=O)(=O)c1cccc(-c2ccc(-n3nc(C(F)(F)F)cc3-c3ccccc3C(F)(F)F)cc2)c1. The molecule has 0 aliphatic carbocycles. The van der Waals surface area contributed by atoms with Crippen molar-refractivity contribution in [3.05, 3.63) is 90.1 Å². The third-order valence-electron chi connectivity index (χ3n) is 5.22. The summed E-state index contributed by atoms with van der Waals surface area (Å²) in [5, 5.41) is 3.55. The van der Waals surface area contributed by atoms with Crippen LogP contribution in [0.5, 0.6) is 0 Å². The lowest BCUT2D eigenvalue weighted by Crippen LogP contribution is -2.09. The van der Waals surface area contributed by atoms with Crippen LogP contribution in [0.1, 0.15) is 11.3 Å². The minimum absolute atomic E-state index is 0.0898. The maximum Gasteiger partial charge on any atom is 0.435 e. The Kier molecular flexibility index (Phi) is 6.00. The second-order valence-corrected chi connectivity index (χ2v) is 9.73. The second kappa shape index (κ2) is 8.56. The van der Waals surface area contributed by atoms with E-state index in [2.05, 4.69) is 5.10 Å². The molecular weight excluding hydrogens is 494 g/mol. The third kappa shape index (κ3) is 5.09. The van der Waals surface area contributed by atoms with Gasteiger partial charge in [-0.3, -0.25) is 0 Å². The molecule has 3 aromatic carbocycles. The summed E-state index contributed by atoms with van der Waals surface area (Å²) in [6, 6.07) is 16.8. The fourth-order valence-corrected chi connectivity index (χ4v) is 4.23. The molecule has 1 heterocycles. The van der Waals surface area contributed by atoms with Crippen molar-refractivity contribution >= 4 is 9.84 Å². The minimum Gasteiger partial charge on any atom is -0.232 e. The number of nitrogens with zero attached hydrogens (tertiary/aromatic N) is 2. The zero-order valence-electron chi connectivity index (χ0n) is 17.9. The van der Waals surface area contributed by atoms with Crippen molar-refractivity contribution < 1.29 is 34.8 Å². The van der Waals surface area contributed by atoms with Crippen LogP contribution in [0, 0.1) is 0 Å². The van der Waals surface area contributed by atoms with Crippen molar-refractivity contribution in [2.24, 2.45) is 0 Å². The molecule has 0 unspecified atom stereocenters. The number of alkyl halides is 6. The predicted molar refractivity (Wildman–Crippen MR) is 118 cm³/mol. The van der Waals surface area contributed by atoms with Gasteiger partial charge in [0.05, 0.1) is 21.8 Å². The lowest BCUT2D eigenvalue weighted by atomic mass is 10.0. The van der Waals surface area contributed by atoms with Crippen LogP contribution in [0.3, 0.4) is 0 Å². The molecule has 0 atom stereocenters. The highest BCUT2D eigenvalue weighted by Crippen LogP contribution is 2.40. The Morgan fingerprint density at radius 1 is 0.743 bits per heavy atom. The van der Waals surface area contributed by atoms with Crippen LogP contribution in [0.15, 0.2) is 83.8 Å². The zero-order valence-corrected chi connectivity index (χ0v) is 18.7. The van der Waals surface area contributed by atoms with E-state index in [4.69, 9.17) is 0 Å². The van der Waals surface area contributed by atoms with Crippen molar-refractivity contribution in [2.75, 3.05) is 6.26 Å². The van der Waals surface area contributed by atoms with Crippen LogP contribution in [0.4, 0.5) is 26.3 Å². The van der Waals surface area contributed by atoms with Crippen molar-refractivity contribution in [3.63, 3.8) is 0 Å². The standard InChI is InChI=1S/C24H16F6N2O2S/c1-35(33,34)18-6-4-5-16(13-18)15-9-11-17(12-10-15)32-21(14-22(31-32)24(28,29)30)19-7-2-3-8-20(19)23(25,26)27/h2-14H,1H3. The van der Waals surface area contributed by atoms with E-state index in [1.807, 2.05) is 0 Å². The molecule has 11 heteroatoms. The molecule has 0 amide bonds. The van der Waals surface area contributed by atoms with Crippen LogP contribution in [0.25, 0.3) is 28.1 Å². The summed E-state index contributed by atoms with van der Waals surface area (Å²) in [5.74, 6) is 0. The third-order valence-corrected chi connectivity index (χ3v) is 6.33. The topological polar surface area (TPSA) is 52.0 Å². The number of hydrogen-bond donors (Lipinski definition) is 0. The van der Waals surface area contributed by atoms with Gasteiger partial charge in [-0.05, 0) is 47.5 Å². The van der Waals surface area contributed by atoms with Crippen LogP contribution >= 0.6 is 0 Å². The highest BCUT2D eigenvalue weighted by molar-refractivity contribution is 7.90. The summed E-state index contributed by atoms with van der Waals surface area (Å²) >= 11 is 0. The van der Waals surface area contributed by atoms with Gasteiger partial charge in [0.2, 0.25) is 0 Å². The molecule has 0 saturated heterocycles. The molecule has 0 radical (unpaired) electrons. The van der Waals surface area contributed by atoms with Crippen molar-refractivity contribution in [3.8, 4) is 28.1 Å². The number of hydrogen-bond acceptors (Lipinski definition) is 3. The molecular formula is C24H16F6N2O2S. The molecule has 1 aromatic heterocycles. The first-order chi connectivity index (χ1) is 16.2. The Morgan fingerprint density at radius 2 is 1.40 bits per heavy atom. The Morgan fingerprint density at radius 3 is 2.00 bits per heavy atom. The Labute approximate surface area is 196 Å². The number of aromatic nitrogens is 2. The van der Waals surface area contributed by atoms with Gasteiger partial charge in [-0.25, -0.2) is 13.1 Å². The van der Waals surface area contributed by atoms with E-state index in [1.54, 1.807) is 12.1 Å². The molecule has 35 heavy (non-hydrogen) atoms. The largest absolute Gasteiger partial charge is 0.435 e. The Bertz CT molecular complexity index is 1490. The van der Waals surface area contributed by atoms with Gasteiger partial charge >= 0.3 is 12.4 Å². The van der Waals surface area contributed by atoms with Gasteiger partial charge in [-0.1, -0.05) is 42.5 Å². The summed E-state index contributed by atoms with van der Waals surface area (Å²) in [6.07, 6.45) is -8.61. The van der Waals surface area contributed by atoms with Gasteiger partial charge in [0.25, 0.3) is 0 Å². The van der Waals surface area contributed by atoms with E-state index in [-0.39, 0.29) is 16.3 Å². The fourth-order valence-electron chi connectivity index (χ4n) is 3.56. The van der Waals surface area contributed by atoms with Crippen LogP contribution < -0.4 is 0 Å². The Hall–Kier alpha value is -3.60. The molecule has 0 aliphatic heterocycles. The summed E-state index contributed by atoms with van der Waals surface area (Å²) in [7, 11) is -3.46. The first kappa shape index (κ1) is 24.5. The molecule has 4 nitrogen and oxygen atoms in total. The van der Waals surface area contributed by atoms with Crippen molar-refractivity contribution in [1.29, 1.82) is 0 Å². The molecule has 0 bridgehead atoms. The van der Waals surface area contributed by atoms with E-state index < -0.39 is 39.0 Å². The average Bonchev–Trinajstić information content (AvgIpc) is 3.24. The summed E-state index contributed by atoms with van der Waals surface area (Å²) in [4.78, 5) is 0.0898. The lowest BCUT2D eigenvalue weighted by molar-refractivity contribution is -0.141. The molecule has 0 spiro atoms. The van der Waals surface area contributed by atoms with Gasteiger partial charge in [0.1, 0.15) is 0 Å². The number of benzene rings is 3. The molecule has 0 saturated carbocycles. The maximum atomic E-state index is 13.6. The average molecular weight is 510 g/mol. The number of rotatable bonds is 4. The van der Waals surface area contributed by atoms with Crippen molar-refractivity contribution in [1.82, 2.24) is 9.78 Å². The number of sulfone groups is 1. The van der Waals surface area contributed by atoms with Gasteiger partial charge in [-0.2, -0.15) is 31.4 Å². The minimum atomic E-state index is -4.88. The van der Waals surface area contributed by atoms with Gasteiger partial charge in [0, 0.05) is 11.8 Å². The van der Waals surface area contributed by atoms with Crippen LogP contribution in [-0.4, -0.2) is 24.5 Å². The lowest BCUT2D eigenvalue weighted by Gasteiger charge is -2.14. The normalized spacial score (nSPS) is 12.7. The van der Waals surface area contributed by atoms with E-state index in [0.29, 0.717) is 17.2 Å². The quantitative estimate of drug-likeness (QED) is 0.289.